The van der Waals surface area contributed by atoms with Gasteiger partial charge in [0.2, 0.25) is 10.0 Å². The van der Waals surface area contributed by atoms with E-state index < -0.39 is 10.0 Å². The summed E-state index contributed by atoms with van der Waals surface area (Å²) in [7, 11) is -1.88. The average molecular weight is 341 g/mol. The number of primary sulfonamides is 1. The number of amides is 1. The van der Waals surface area contributed by atoms with Gasteiger partial charge in [-0.15, -0.1) is 0 Å². The molecule has 0 unspecified atom stereocenters. The highest BCUT2D eigenvalue weighted by Crippen LogP contribution is 2.17. The molecule has 1 saturated heterocycles. The van der Waals surface area contributed by atoms with E-state index in [1.165, 1.54) is 12.1 Å². The smallest absolute Gasteiger partial charge is 0.251 e. The van der Waals surface area contributed by atoms with E-state index in [1.54, 1.807) is 13.0 Å². The van der Waals surface area contributed by atoms with Crippen molar-refractivity contribution >= 4 is 15.9 Å². The quantitative estimate of drug-likeness (QED) is 0.790. The van der Waals surface area contributed by atoms with E-state index in [2.05, 4.69) is 10.2 Å². The molecule has 0 saturated carbocycles. The van der Waals surface area contributed by atoms with E-state index in [1.807, 2.05) is 14.0 Å². The predicted molar refractivity (Wildman–Crippen MR) is 86.7 cm³/mol. The zero-order valence-electron chi connectivity index (χ0n) is 13.6. The first-order valence-corrected chi connectivity index (χ1v) is 9.01. The Hall–Kier alpha value is -1.48. The number of sulfonamides is 1. The van der Waals surface area contributed by atoms with E-state index in [0.29, 0.717) is 24.3 Å². The van der Waals surface area contributed by atoms with Crippen LogP contribution in [-0.4, -0.2) is 58.1 Å². The highest BCUT2D eigenvalue weighted by Gasteiger charge is 2.33. The summed E-state index contributed by atoms with van der Waals surface area (Å²) < 4.78 is 28.6. The molecular weight excluding hydrogens is 318 g/mol. The molecule has 2 atom stereocenters. The maximum atomic E-state index is 12.5. The summed E-state index contributed by atoms with van der Waals surface area (Å²) in [6, 6.07) is 4.16. The number of rotatable bonds is 5. The number of nitrogens with zero attached hydrogens (tertiary/aromatic N) is 1. The molecule has 1 heterocycles. The summed E-state index contributed by atoms with van der Waals surface area (Å²) in [6.07, 6.45) is -0.0734. The molecule has 1 amide bonds. The van der Waals surface area contributed by atoms with Crippen molar-refractivity contribution in [2.24, 2.45) is 5.14 Å². The van der Waals surface area contributed by atoms with Crippen molar-refractivity contribution in [3.05, 3.63) is 29.3 Å². The van der Waals surface area contributed by atoms with Gasteiger partial charge in [-0.25, -0.2) is 13.6 Å². The fraction of sp³-hybridized carbons (Fsp3) is 0.533. The number of aryl methyl sites for hydroxylation is 1. The number of benzene rings is 1. The van der Waals surface area contributed by atoms with E-state index in [4.69, 9.17) is 9.88 Å². The third-order valence-electron chi connectivity index (χ3n) is 3.93. The van der Waals surface area contributed by atoms with Gasteiger partial charge in [-0.05, 0) is 38.6 Å². The first kappa shape index (κ1) is 17.9. The summed E-state index contributed by atoms with van der Waals surface area (Å²) in [5, 5.41) is 8.07. The molecule has 23 heavy (non-hydrogen) atoms. The first-order valence-electron chi connectivity index (χ1n) is 7.46. The Morgan fingerprint density at radius 1 is 1.43 bits per heavy atom. The van der Waals surface area contributed by atoms with Crippen molar-refractivity contribution in [3.63, 3.8) is 0 Å². The Kier molecular flexibility index (Phi) is 5.41. The highest BCUT2D eigenvalue weighted by atomic mass is 32.2. The maximum Gasteiger partial charge on any atom is 0.251 e. The summed E-state index contributed by atoms with van der Waals surface area (Å²) in [5.41, 5.74) is 0.996. The normalized spacial score (nSPS) is 22.3. The summed E-state index contributed by atoms with van der Waals surface area (Å²) in [6.45, 7) is 5.67. The number of hydrogen-bond donors (Lipinski definition) is 2. The van der Waals surface area contributed by atoms with Gasteiger partial charge >= 0.3 is 0 Å². The molecule has 1 aromatic rings. The molecule has 7 nitrogen and oxygen atoms in total. The highest BCUT2D eigenvalue weighted by molar-refractivity contribution is 7.89. The standard InChI is InChI=1S/C15H23N3O4S/c1-4-22-14-9-18(3)8-13(14)17-15(19)12-7-11(23(16,20)21)6-5-10(12)2/h5-7,13-14H,4,8-9H2,1-3H3,(H,17,19)(H2,16,20,21)/t13-,14-/m0/s1. The van der Waals surface area contributed by atoms with Crippen LogP contribution in [0, 0.1) is 6.92 Å². The van der Waals surface area contributed by atoms with Gasteiger partial charge in [0.1, 0.15) is 0 Å². The van der Waals surface area contributed by atoms with Gasteiger partial charge in [0.15, 0.2) is 0 Å². The lowest BCUT2D eigenvalue weighted by Crippen LogP contribution is -2.44. The molecule has 1 aliphatic heterocycles. The first-order chi connectivity index (χ1) is 10.7. The van der Waals surface area contributed by atoms with Gasteiger partial charge < -0.3 is 15.0 Å². The molecule has 1 aliphatic rings. The summed E-state index contributed by atoms with van der Waals surface area (Å²) >= 11 is 0. The van der Waals surface area contributed by atoms with Gasteiger partial charge in [0, 0.05) is 25.3 Å². The van der Waals surface area contributed by atoms with Crippen LogP contribution in [0.5, 0.6) is 0 Å². The maximum absolute atomic E-state index is 12.5. The molecule has 0 aliphatic carbocycles. The van der Waals surface area contributed by atoms with Crippen molar-refractivity contribution in [3.8, 4) is 0 Å². The minimum Gasteiger partial charge on any atom is -0.375 e. The van der Waals surface area contributed by atoms with Crippen molar-refractivity contribution in [2.45, 2.75) is 30.9 Å². The molecule has 0 radical (unpaired) electrons. The van der Waals surface area contributed by atoms with E-state index in [9.17, 15) is 13.2 Å². The third-order valence-corrected chi connectivity index (χ3v) is 4.84. The molecular formula is C15H23N3O4S. The Bertz CT molecular complexity index is 690. The molecule has 0 spiro atoms. The Labute approximate surface area is 136 Å². The number of likely N-dealkylation sites (N-methyl/N-ethyl adjacent to an activating group) is 1. The number of hydrogen-bond acceptors (Lipinski definition) is 5. The third kappa shape index (κ3) is 4.29. The zero-order chi connectivity index (χ0) is 17.2. The molecule has 3 N–H and O–H groups in total. The molecule has 0 aromatic heterocycles. The minimum atomic E-state index is -3.84. The molecule has 128 valence electrons. The number of likely N-dealkylation sites (tertiary alicyclic amines) is 1. The largest absolute Gasteiger partial charge is 0.375 e. The topological polar surface area (TPSA) is 102 Å². The molecule has 1 fully saturated rings. The van der Waals surface area contributed by atoms with E-state index in [-0.39, 0.29) is 22.9 Å². The van der Waals surface area contributed by atoms with Gasteiger partial charge in [0.25, 0.3) is 5.91 Å². The number of carbonyl (C=O) groups is 1. The van der Waals surface area contributed by atoms with Crippen LogP contribution in [0.3, 0.4) is 0 Å². The fourth-order valence-corrected chi connectivity index (χ4v) is 3.29. The molecule has 1 aromatic carbocycles. The zero-order valence-corrected chi connectivity index (χ0v) is 14.4. The van der Waals surface area contributed by atoms with E-state index in [0.717, 1.165) is 6.54 Å². The van der Waals surface area contributed by atoms with Gasteiger partial charge in [-0.1, -0.05) is 6.07 Å². The summed E-state index contributed by atoms with van der Waals surface area (Å²) in [5.74, 6) is -0.321. The van der Waals surface area contributed by atoms with Crippen LogP contribution >= 0.6 is 0 Å². The fourth-order valence-electron chi connectivity index (χ4n) is 2.75. The van der Waals surface area contributed by atoms with Crippen LogP contribution in [0.1, 0.15) is 22.8 Å². The SMILES string of the molecule is CCO[C@H]1CN(C)C[C@@H]1NC(=O)c1cc(S(N)(=O)=O)ccc1C. The number of nitrogens with one attached hydrogen (secondary N) is 1. The van der Waals surface area contributed by atoms with Gasteiger partial charge in [-0.3, -0.25) is 4.79 Å². The molecule has 2 rings (SSSR count). The van der Waals surface area contributed by atoms with Crippen molar-refractivity contribution in [2.75, 3.05) is 26.7 Å². The number of ether oxygens (including phenoxy) is 1. The van der Waals surface area contributed by atoms with Gasteiger partial charge in [-0.2, -0.15) is 0 Å². The lowest BCUT2D eigenvalue weighted by atomic mass is 10.1. The van der Waals surface area contributed by atoms with E-state index >= 15 is 0 Å². The van der Waals surface area contributed by atoms with Crippen LogP contribution in [0.15, 0.2) is 23.1 Å². The Balaban J connectivity index is 2.20. The van der Waals surface area contributed by atoms with Crippen LogP contribution < -0.4 is 10.5 Å². The second kappa shape index (κ2) is 6.96. The second-order valence-corrected chi connectivity index (χ2v) is 7.38. The lowest BCUT2D eigenvalue weighted by molar-refractivity contribution is 0.0513. The number of nitrogens with two attached hydrogens (primary N) is 1. The molecule has 8 heteroatoms. The van der Waals surface area contributed by atoms with Crippen LogP contribution in [-0.2, 0) is 14.8 Å². The van der Waals surface area contributed by atoms with Crippen LogP contribution in [0.2, 0.25) is 0 Å². The predicted octanol–water partition coefficient (Wildman–Crippen LogP) is 0.0913. The lowest BCUT2D eigenvalue weighted by Gasteiger charge is -2.20. The summed E-state index contributed by atoms with van der Waals surface area (Å²) in [4.78, 5) is 14.5. The number of carbonyl (C=O) groups excluding carboxylic acids is 1. The van der Waals surface area contributed by atoms with Crippen molar-refractivity contribution in [1.29, 1.82) is 0 Å². The van der Waals surface area contributed by atoms with Crippen molar-refractivity contribution in [1.82, 2.24) is 10.2 Å². The minimum absolute atomic E-state index is 0.0712. The average Bonchev–Trinajstić information content (AvgIpc) is 2.78. The van der Waals surface area contributed by atoms with Crippen LogP contribution in [0.25, 0.3) is 0 Å². The van der Waals surface area contributed by atoms with Gasteiger partial charge in [0.05, 0.1) is 17.0 Å². The molecule has 0 bridgehead atoms. The Morgan fingerprint density at radius 3 is 2.74 bits per heavy atom. The van der Waals surface area contributed by atoms with Crippen molar-refractivity contribution < 1.29 is 17.9 Å². The monoisotopic (exact) mass is 341 g/mol. The second-order valence-electron chi connectivity index (χ2n) is 5.82. The van der Waals surface area contributed by atoms with Crippen LogP contribution in [0.4, 0.5) is 0 Å². The Morgan fingerprint density at radius 2 is 2.13 bits per heavy atom.